The van der Waals surface area contributed by atoms with Crippen molar-refractivity contribution in [3.8, 4) is 17.4 Å². The fourth-order valence-corrected chi connectivity index (χ4v) is 3.00. The van der Waals surface area contributed by atoms with Crippen LogP contribution < -0.4 is 14.8 Å². The van der Waals surface area contributed by atoms with Gasteiger partial charge in [-0.2, -0.15) is 0 Å². The normalized spacial score (nSPS) is 13.6. The zero-order valence-corrected chi connectivity index (χ0v) is 17.2. The average Bonchev–Trinajstić information content (AvgIpc) is 2.96. The molecule has 3 rings (SSSR count). The Bertz CT molecular complexity index is 945. The van der Waals surface area contributed by atoms with Gasteiger partial charge in [0, 0.05) is 26.1 Å². The number of pyridine rings is 1. The number of nitrogens with zero attached hydrogens (tertiary/aromatic N) is 3. The molecule has 2 heterocycles. The smallest absolute Gasteiger partial charge is 0.326 e. The number of aromatic nitrogens is 1. The van der Waals surface area contributed by atoms with Gasteiger partial charge >= 0.3 is 6.03 Å². The Morgan fingerprint density at radius 2 is 2.00 bits per heavy atom. The highest BCUT2D eigenvalue weighted by Gasteiger charge is 2.32. The number of ether oxygens (including phenoxy) is 2. The van der Waals surface area contributed by atoms with Crippen molar-refractivity contribution in [1.29, 1.82) is 0 Å². The lowest BCUT2D eigenvalue weighted by Crippen LogP contribution is -2.32. The van der Waals surface area contributed by atoms with Crippen molar-refractivity contribution in [2.75, 3.05) is 32.6 Å². The van der Waals surface area contributed by atoms with Crippen molar-refractivity contribution in [2.24, 2.45) is 0 Å². The Hall–Kier alpha value is -3.62. The van der Waals surface area contributed by atoms with Crippen LogP contribution in [0.25, 0.3) is 0 Å². The van der Waals surface area contributed by atoms with Gasteiger partial charge < -0.3 is 19.7 Å². The lowest BCUT2D eigenvalue weighted by molar-refractivity contribution is -0.125. The highest BCUT2D eigenvalue weighted by molar-refractivity contribution is 6.01. The summed E-state index contributed by atoms with van der Waals surface area (Å²) in [5.74, 6) is 1.05. The number of benzene rings is 1. The second-order valence-corrected chi connectivity index (χ2v) is 6.98. The van der Waals surface area contributed by atoms with Crippen LogP contribution in [0.2, 0.25) is 0 Å². The highest BCUT2D eigenvalue weighted by atomic mass is 16.5. The quantitative estimate of drug-likeness (QED) is 0.669. The Morgan fingerprint density at radius 3 is 2.63 bits per heavy atom. The van der Waals surface area contributed by atoms with E-state index in [1.54, 1.807) is 32.4 Å². The predicted octanol–water partition coefficient (Wildman–Crippen LogP) is 2.80. The van der Waals surface area contributed by atoms with E-state index in [1.807, 2.05) is 19.1 Å². The minimum atomic E-state index is -0.328. The first-order valence-corrected chi connectivity index (χ1v) is 9.51. The molecule has 1 saturated heterocycles. The Balaban J connectivity index is 1.49. The monoisotopic (exact) mass is 412 g/mol. The van der Waals surface area contributed by atoms with E-state index >= 15 is 0 Å². The summed E-state index contributed by atoms with van der Waals surface area (Å²) in [6, 6.07) is 8.58. The molecule has 30 heavy (non-hydrogen) atoms. The van der Waals surface area contributed by atoms with Crippen LogP contribution in [0.15, 0.2) is 36.5 Å². The van der Waals surface area contributed by atoms with Crippen LogP contribution >= 0.6 is 0 Å². The van der Waals surface area contributed by atoms with E-state index in [4.69, 9.17) is 9.47 Å². The lowest BCUT2D eigenvalue weighted by Gasteiger charge is -2.13. The lowest BCUT2D eigenvalue weighted by atomic mass is 10.2. The third kappa shape index (κ3) is 5.05. The molecule has 0 spiro atoms. The van der Waals surface area contributed by atoms with Gasteiger partial charge in [0.2, 0.25) is 17.7 Å². The third-order valence-corrected chi connectivity index (χ3v) is 4.57. The van der Waals surface area contributed by atoms with Crippen LogP contribution in [-0.2, 0) is 9.59 Å². The molecule has 1 N–H and O–H groups in total. The second kappa shape index (κ2) is 9.25. The van der Waals surface area contributed by atoms with E-state index in [0.717, 1.165) is 5.56 Å². The van der Waals surface area contributed by atoms with Crippen LogP contribution in [0.4, 0.5) is 10.5 Å². The molecule has 0 saturated carbocycles. The van der Waals surface area contributed by atoms with Crippen molar-refractivity contribution in [1.82, 2.24) is 14.8 Å². The maximum Gasteiger partial charge on any atom is 0.326 e. The molecule has 0 unspecified atom stereocenters. The largest absolute Gasteiger partial charge is 0.493 e. The van der Waals surface area contributed by atoms with Gasteiger partial charge in [-0.15, -0.1) is 0 Å². The van der Waals surface area contributed by atoms with E-state index in [1.165, 1.54) is 16.0 Å². The molecule has 4 amide bonds. The highest BCUT2D eigenvalue weighted by Crippen LogP contribution is 2.31. The van der Waals surface area contributed by atoms with Gasteiger partial charge in [-0.1, -0.05) is 6.07 Å². The fourth-order valence-electron chi connectivity index (χ4n) is 3.00. The number of urea groups is 1. The molecular formula is C21H24N4O5. The van der Waals surface area contributed by atoms with Gasteiger partial charge in [0.1, 0.15) is 6.54 Å². The number of nitrogens with one attached hydrogen (secondary N) is 1. The molecule has 0 bridgehead atoms. The number of anilines is 1. The maximum absolute atomic E-state index is 12.1. The molecule has 2 aromatic rings. The number of rotatable bonds is 8. The van der Waals surface area contributed by atoms with Gasteiger partial charge in [-0.05, 0) is 37.1 Å². The molecule has 1 fully saturated rings. The minimum absolute atomic E-state index is 0.0829. The summed E-state index contributed by atoms with van der Waals surface area (Å²) in [7, 11) is 3.14. The summed E-state index contributed by atoms with van der Waals surface area (Å²) in [6.07, 6.45) is 2.06. The number of aryl methyl sites for hydroxylation is 1. The molecule has 1 aromatic carbocycles. The summed E-state index contributed by atoms with van der Waals surface area (Å²) in [5, 5.41) is 2.74. The van der Waals surface area contributed by atoms with Crippen molar-refractivity contribution in [3.05, 3.63) is 42.1 Å². The topological polar surface area (TPSA) is 101 Å². The first kappa shape index (κ1) is 21.1. The van der Waals surface area contributed by atoms with Gasteiger partial charge in [0.15, 0.2) is 11.5 Å². The summed E-state index contributed by atoms with van der Waals surface area (Å²) in [5.41, 5.74) is 1.58. The van der Waals surface area contributed by atoms with E-state index in [9.17, 15) is 14.4 Å². The zero-order valence-electron chi connectivity index (χ0n) is 17.2. The van der Waals surface area contributed by atoms with E-state index in [-0.39, 0.29) is 37.4 Å². The van der Waals surface area contributed by atoms with Crippen LogP contribution in [0.5, 0.6) is 17.4 Å². The third-order valence-electron chi connectivity index (χ3n) is 4.57. The molecule has 9 nitrogen and oxygen atoms in total. The maximum atomic E-state index is 12.1. The van der Waals surface area contributed by atoms with Gasteiger partial charge in [-0.3, -0.25) is 14.5 Å². The number of hydrogen-bond donors (Lipinski definition) is 1. The number of imide groups is 1. The molecule has 158 valence electrons. The molecule has 0 radical (unpaired) electrons. The number of carbonyl (C=O) groups is 3. The number of carbonyl (C=O) groups excluding carboxylic acids is 3. The second-order valence-electron chi connectivity index (χ2n) is 6.98. The summed E-state index contributed by atoms with van der Waals surface area (Å²) < 4.78 is 11.1. The van der Waals surface area contributed by atoms with Crippen LogP contribution in [-0.4, -0.2) is 59.9 Å². The molecule has 1 aromatic heterocycles. The standard InChI is InChI=1S/C21H24N4O5/c1-14-6-8-16(17(11-14)29-3)30-19-9-7-15(12-22-19)23-18(26)5-4-10-25-20(27)13-24(2)21(25)28/h6-9,11-12H,4-5,10,13H2,1-3H3,(H,23,26). The van der Waals surface area contributed by atoms with Gasteiger partial charge in [0.05, 0.1) is 19.0 Å². The van der Waals surface area contributed by atoms with E-state index < -0.39 is 0 Å². The van der Waals surface area contributed by atoms with E-state index in [0.29, 0.717) is 29.5 Å². The number of likely N-dealkylation sites (N-methyl/N-ethyl adjacent to an activating group) is 1. The number of amides is 4. The Labute approximate surface area is 174 Å². The predicted molar refractivity (Wildman–Crippen MR) is 110 cm³/mol. The summed E-state index contributed by atoms with van der Waals surface area (Å²) >= 11 is 0. The SMILES string of the molecule is COc1cc(C)ccc1Oc1ccc(NC(=O)CCCN2C(=O)CN(C)C2=O)cn1. The van der Waals surface area contributed by atoms with Crippen molar-refractivity contribution in [3.63, 3.8) is 0 Å². The molecule has 0 atom stereocenters. The summed E-state index contributed by atoms with van der Waals surface area (Å²) in [4.78, 5) is 42.4. The molecule has 9 heteroatoms. The molecule has 1 aliphatic rings. The first-order chi connectivity index (χ1) is 14.4. The van der Waals surface area contributed by atoms with Crippen LogP contribution in [0.1, 0.15) is 18.4 Å². The molecule has 1 aliphatic heterocycles. The average molecular weight is 412 g/mol. The summed E-state index contributed by atoms with van der Waals surface area (Å²) in [6.45, 7) is 2.26. The number of methoxy groups -OCH3 is 1. The van der Waals surface area contributed by atoms with Crippen LogP contribution in [0, 0.1) is 6.92 Å². The minimum Gasteiger partial charge on any atom is -0.493 e. The van der Waals surface area contributed by atoms with Crippen LogP contribution in [0.3, 0.4) is 0 Å². The molecular weight excluding hydrogens is 388 g/mol. The van der Waals surface area contributed by atoms with Gasteiger partial charge in [0.25, 0.3) is 0 Å². The van der Waals surface area contributed by atoms with Gasteiger partial charge in [-0.25, -0.2) is 9.78 Å². The van der Waals surface area contributed by atoms with E-state index in [2.05, 4.69) is 10.3 Å². The first-order valence-electron chi connectivity index (χ1n) is 9.51. The zero-order chi connectivity index (χ0) is 21.7. The van der Waals surface area contributed by atoms with Crippen molar-refractivity contribution in [2.45, 2.75) is 19.8 Å². The molecule has 0 aliphatic carbocycles. The van der Waals surface area contributed by atoms with Crippen molar-refractivity contribution >= 4 is 23.5 Å². The van der Waals surface area contributed by atoms with Crippen molar-refractivity contribution < 1.29 is 23.9 Å². The Morgan fingerprint density at radius 1 is 1.20 bits per heavy atom. The number of hydrogen-bond acceptors (Lipinski definition) is 6. The Kier molecular flexibility index (Phi) is 6.51. The fraction of sp³-hybridized carbons (Fsp3) is 0.333.